The number of hydrogen-bond donors (Lipinski definition) is 1. The number of nitrogens with one attached hydrogen (secondary N) is 1. The average molecular weight is 326 g/mol. The van der Waals surface area contributed by atoms with Gasteiger partial charge in [0.15, 0.2) is 0 Å². The van der Waals surface area contributed by atoms with Gasteiger partial charge in [-0.1, -0.05) is 12.2 Å². The number of halogens is 3. The van der Waals surface area contributed by atoms with Crippen LogP contribution in [0.15, 0.2) is 12.2 Å². The first-order valence-corrected chi connectivity index (χ1v) is 8.69. The Morgan fingerprint density at radius 2 is 1.81 bits per heavy atom. The molecule has 0 unspecified atom stereocenters. The van der Waals surface area contributed by atoms with Crippen LogP contribution in [-0.2, 0) is 10.0 Å². The van der Waals surface area contributed by atoms with Crippen molar-refractivity contribution in [2.75, 3.05) is 19.6 Å². The van der Waals surface area contributed by atoms with Gasteiger partial charge >= 0.3 is 15.5 Å². The molecular weight excluding hydrogens is 305 g/mol. The summed E-state index contributed by atoms with van der Waals surface area (Å²) in [4.78, 5) is 0. The highest BCUT2D eigenvalue weighted by molar-refractivity contribution is 7.90. The minimum absolute atomic E-state index is 0.0654. The highest BCUT2D eigenvalue weighted by Gasteiger charge is 2.50. The summed E-state index contributed by atoms with van der Waals surface area (Å²) >= 11 is 0. The van der Waals surface area contributed by atoms with Crippen LogP contribution in [0.4, 0.5) is 13.2 Å². The molecule has 122 valence electrons. The highest BCUT2D eigenvalue weighted by atomic mass is 32.2. The largest absolute Gasteiger partial charge is 0.511 e. The molecule has 1 N–H and O–H groups in total. The molecule has 8 heteroatoms. The Balaban J connectivity index is 1.77. The van der Waals surface area contributed by atoms with Crippen LogP contribution in [0, 0.1) is 5.92 Å². The maximum absolute atomic E-state index is 12.5. The molecule has 0 amide bonds. The molecule has 0 bridgehead atoms. The van der Waals surface area contributed by atoms with Gasteiger partial charge in [-0.25, -0.2) is 8.42 Å². The van der Waals surface area contributed by atoms with Crippen molar-refractivity contribution in [1.82, 2.24) is 9.62 Å². The minimum atomic E-state index is -5.19. The van der Waals surface area contributed by atoms with Crippen LogP contribution in [-0.4, -0.2) is 43.9 Å². The third kappa shape index (κ3) is 4.20. The van der Waals surface area contributed by atoms with Crippen LogP contribution >= 0.6 is 0 Å². The van der Waals surface area contributed by atoms with Gasteiger partial charge < -0.3 is 5.32 Å². The van der Waals surface area contributed by atoms with E-state index >= 15 is 0 Å². The summed E-state index contributed by atoms with van der Waals surface area (Å²) in [6.07, 6.45) is 8.43. The average Bonchev–Trinajstić information content (AvgIpc) is 2.45. The zero-order valence-corrected chi connectivity index (χ0v) is 12.6. The minimum Gasteiger partial charge on any atom is -0.314 e. The molecule has 0 aromatic heterocycles. The van der Waals surface area contributed by atoms with Crippen molar-refractivity contribution in [3.8, 4) is 0 Å². The topological polar surface area (TPSA) is 49.4 Å². The number of allylic oxidation sites excluding steroid dienone is 2. The summed E-state index contributed by atoms with van der Waals surface area (Å²) in [5.74, 6) is 0.576. The molecule has 0 aromatic carbocycles. The van der Waals surface area contributed by atoms with Gasteiger partial charge in [-0.3, -0.25) is 0 Å². The van der Waals surface area contributed by atoms with E-state index in [-0.39, 0.29) is 19.1 Å². The molecule has 0 aromatic rings. The second-order valence-corrected chi connectivity index (χ2v) is 7.61. The standard InChI is InChI=1S/C13H21F3N2O2S/c14-13(15,16)21(19,20)18-8-6-12(7-9-18)17-10-11-4-2-1-3-5-11/h1-2,11-12,17H,3-10H2/t11-/m0/s1. The second-order valence-electron chi connectivity index (χ2n) is 5.68. The van der Waals surface area contributed by atoms with Crippen molar-refractivity contribution < 1.29 is 21.6 Å². The predicted molar refractivity (Wildman–Crippen MR) is 74.1 cm³/mol. The molecule has 1 aliphatic carbocycles. The van der Waals surface area contributed by atoms with Crippen molar-refractivity contribution in [2.45, 2.75) is 43.7 Å². The van der Waals surface area contributed by atoms with Crippen molar-refractivity contribution >= 4 is 10.0 Å². The first kappa shape index (κ1) is 16.8. The molecule has 0 spiro atoms. The predicted octanol–water partition coefficient (Wildman–Crippen LogP) is 2.25. The molecule has 21 heavy (non-hydrogen) atoms. The highest BCUT2D eigenvalue weighted by Crippen LogP contribution is 2.29. The van der Waals surface area contributed by atoms with E-state index in [9.17, 15) is 21.6 Å². The molecule has 1 atom stereocenters. The summed E-state index contributed by atoms with van der Waals surface area (Å²) in [6, 6.07) is 0.107. The second kappa shape index (κ2) is 6.66. The lowest BCUT2D eigenvalue weighted by molar-refractivity contribution is -0.0495. The monoisotopic (exact) mass is 326 g/mol. The molecule has 1 aliphatic heterocycles. The third-order valence-electron chi connectivity index (χ3n) is 4.16. The van der Waals surface area contributed by atoms with E-state index in [1.54, 1.807) is 0 Å². The molecular formula is C13H21F3N2O2S. The lowest BCUT2D eigenvalue weighted by Gasteiger charge is -2.33. The fourth-order valence-electron chi connectivity index (χ4n) is 2.82. The van der Waals surface area contributed by atoms with Gasteiger partial charge in [-0.05, 0) is 44.6 Å². The Bertz CT molecular complexity index is 468. The summed E-state index contributed by atoms with van der Waals surface area (Å²) < 4.78 is 60.5. The summed E-state index contributed by atoms with van der Waals surface area (Å²) in [5.41, 5.74) is -5.19. The van der Waals surface area contributed by atoms with E-state index < -0.39 is 15.5 Å². The van der Waals surface area contributed by atoms with Crippen LogP contribution < -0.4 is 5.32 Å². The van der Waals surface area contributed by atoms with Crippen LogP contribution in [0.5, 0.6) is 0 Å². The van der Waals surface area contributed by atoms with Gasteiger partial charge in [0, 0.05) is 19.1 Å². The fourth-order valence-corrected chi connectivity index (χ4v) is 3.81. The van der Waals surface area contributed by atoms with Gasteiger partial charge in [0.2, 0.25) is 0 Å². The van der Waals surface area contributed by atoms with Gasteiger partial charge in [0.05, 0.1) is 0 Å². The normalized spacial score (nSPS) is 26.1. The molecule has 1 saturated heterocycles. The third-order valence-corrected chi connectivity index (χ3v) is 5.79. The zero-order valence-electron chi connectivity index (χ0n) is 11.8. The quantitative estimate of drug-likeness (QED) is 0.806. The lowest BCUT2D eigenvalue weighted by atomic mass is 9.94. The smallest absolute Gasteiger partial charge is 0.314 e. The summed E-state index contributed by atoms with van der Waals surface area (Å²) in [6.45, 7) is 0.717. The number of hydrogen-bond acceptors (Lipinski definition) is 3. The number of alkyl halides is 3. The SMILES string of the molecule is O=S(=O)(N1CCC(NC[C@H]2CC=CCC2)CC1)C(F)(F)F. The molecule has 2 aliphatic rings. The Labute approximate surface area is 123 Å². The van der Waals surface area contributed by atoms with Crippen LogP contribution in [0.2, 0.25) is 0 Å². The Morgan fingerprint density at radius 1 is 1.14 bits per heavy atom. The molecule has 1 heterocycles. The summed E-state index contributed by atoms with van der Waals surface area (Å²) in [5, 5.41) is 3.37. The van der Waals surface area contributed by atoms with Crippen molar-refractivity contribution in [2.24, 2.45) is 5.92 Å². The van der Waals surface area contributed by atoms with Crippen LogP contribution in [0.3, 0.4) is 0 Å². The zero-order chi connectivity index (χ0) is 15.5. The van der Waals surface area contributed by atoms with Crippen molar-refractivity contribution in [1.29, 1.82) is 0 Å². The van der Waals surface area contributed by atoms with Gasteiger partial charge in [0.1, 0.15) is 0 Å². The number of rotatable bonds is 4. The van der Waals surface area contributed by atoms with Crippen LogP contribution in [0.1, 0.15) is 32.1 Å². The first-order valence-electron chi connectivity index (χ1n) is 7.25. The van der Waals surface area contributed by atoms with Gasteiger partial charge in [-0.15, -0.1) is 0 Å². The number of piperidine rings is 1. The maximum Gasteiger partial charge on any atom is 0.511 e. The van der Waals surface area contributed by atoms with E-state index in [0.29, 0.717) is 23.1 Å². The fraction of sp³-hybridized carbons (Fsp3) is 0.846. The lowest BCUT2D eigenvalue weighted by Crippen LogP contribution is -2.49. The Kier molecular flexibility index (Phi) is 5.32. The van der Waals surface area contributed by atoms with E-state index in [4.69, 9.17) is 0 Å². The van der Waals surface area contributed by atoms with Gasteiger partial charge in [-0.2, -0.15) is 17.5 Å². The van der Waals surface area contributed by atoms with E-state index in [2.05, 4.69) is 17.5 Å². The van der Waals surface area contributed by atoms with E-state index in [1.807, 2.05) is 0 Å². The summed E-state index contributed by atoms with van der Waals surface area (Å²) in [7, 11) is -5.16. The maximum atomic E-state index is 12.5. The number of nitrogens with zero attached hydrogens (tertiary/aromatic N) is 1. The Hall–Kier alpha value is -0.600. The van der Waals surface area contributed by atoms with E-state index in [1.165, 1.54) is 0 Å². The first-order chi connectivity index (χ1) is 9.80. The molecule has 2 rings (SSSR count). The van der Waals surface area contributed by atoms with Gasteiger partial charge in [0.25, 0.3) is 0 Å². The molecule has 1 fully saturated rings. The molecule has 0 radical (unpaired) electrons. The number of sulfonamides is 1. The Morgan fingerprint density at radius 3 is 2.33 bits per heavy atom. The van der Waals surface area contributed by atoms with Crippen molar-refractivity contribution in [3.05, 3.63) is 12.2 Å². The van der Waals surface area contributed by atoms with Crippen molar-refractivity contribution in [3.63, 3.8) is 0 Å². The van der Waals surface area contributed by atoms with Crippen LogP contribution in [0.25, 0.3) is 0 Å². The molecule has 4 nitrogen and oxygen atoms in total. The molecule has 0 saturated carbocycles. The van der Waals surface area contributed by atoms with E-state index in [0.717, 1.165) is 25.8 Å².